The highest BCUT2D eigenvalue weighted by Crippen LogP contribution is 2.38. The second-order valence-electron chi connectivity index (χ2n) is 10.8. The van der Waals surface area contributed by atoms with Gasteiger partial charge in [-0.25, -0.2) is 14.4 Å². The smallest absolute Gasteiger partial charge is 0.236 e. The number of hydrogen-bond acceptors (Lipinski definition) is 12. The molecule has 2 aliphatic heterocycles. The molecular weight excluding hydrogens is 594 g/mol. The fraction of sp³-hybridized carbons (Fsp3) is 0.464. The molecule has 0 aliphatic carbocycles. The number of imidazole rings is 1. The summed E-state index contributed by atoms with van der Waals surface area (Å²) in [5.41, 5.74) is 1.98. The first-order valence-corrected chi connectivity index (χ1v) is 15.6. The number of hydrogen-bond donors (Lipinski definition) is 1. The van der Waals surface area contributed by atoms with Crippen molar-refractivity contribution in [1.29, 1.82) is 5.26 Å². The van der Waals surface area contributed by atoms with E-state index in [1.807, 2.05) is 23.5 Å². The minimum Gasteiger partial charge on any atom is -0.389 e. The van der Waals surface area contributed by atoms with Gasteiger partial charge in [-0.3, -0.25) is 9.69 Å². The number of nitriles is 1. The number of ether oxygens (including phenoxy) is 1. The number of fused-ring (bicyclic) bond motifs is 1. The van der Waals surface area contributed by atoms with Crippen LogP contribution in [-0.2, 0) is 16.0 Å². The Morgan fingerprint density at radius 1 is 1.21 bits per heavy atom. The van der Waals surface area contributed by atoms with Gasteiger partial charge < -0.3 is 24.5 Å². The second kappa shape index (κ2) is 12.1. The average Bonchev–Trinajstić information content (AvgIpc) is 3.76. The molecule has 12 nitrogen and oxygen atoms in total. The number of methoxy groups -OCH3 is 1. The van der Waals surface area contributed by atoms with E-state index >= 15 is 0 Å². The molecule has 3 aromatic heterocycles. The summed E-state index contributed by atoms with van der Waals surface area (Å²) in [6, 6.07) is 8.39. The summed E-state index contributed by atoms with van der Waals surface area (Å²) < 4.78 is 20.7. The second-order valence-corrected chi connectivity index (χ2v) is 12.7. The Bertz CT molecular complexity index is 1660. The van der Waals surface area contributed by atoms with Crippen LogP contribution < -0.4 is 9.80 Å². The summed E-state index contributed by atoms with van der Waals surface area (Å²) in [4.78, 5) is 31.3. The third-order valence-corrected chi connectivity index (χ3v) is 9.88. The fourth-order valence-corrected chi connectivity index (χ4v) is 7.20. The number of carbonyl (C=O) groups excluding carboxylic acids is 1. The van der Waals surface area contributed by atoms with E-state index in [0.717, 1.165) is 41.1 Å². The lowest BCUT2D eigenvalue weighted by atomic mass is 10.1. The predicted molar refractivity (Wildman–Crippen MR) is 163 cm³/mol. The van der Waals surface area contributed by atoms with Gasteiger partial charge in [-0.1, -0.05) is 22.7 Å². The highest BCUT2D eigenvalue weighted by molar-refractivity contribution is 7.20. The molecule has 0 bridgehead atoms. The molecule has 5 heterocycles. The number of halogens is 1. The van der Waals surface area contributed by atoms with E-state index < -0.39 is 6.10 Å². The van der Waals surface area contributed by atoms with Gasteiger partial charge in [0.2, 0.25) is 16.0 Å². The van der Waals surface area contributed by atoms with Gasteiger partial charge >= 0.3 is 0 Å². The number of anilines is 3. The molecule has 2 fully saturated rings. The lowest BCUT2D eigenvalue weighted by molar-refractivity contribution is -0.142. The lowest BCUT2D eigenvalue weighted by Crippen LogP contribution is -2.56. The standard InChI is InChI=1S/C28H32FN9O3S2/c1-34(16-23(40)37-14-20(39)15-37)19-8-10-36(13-19)28-33-38-25(21(9-11-41-3)31-27(38)43-28)35(2)26-32-24(22(12-30)42-26)17-4-6-18(29)7-5-17/h4-7,19-20,39H,8-11,13-16H2,1-3H3. The van der Waals surface area contributed by atoms with Crippen molar-refractivity contribution in [1.82, 2.24) is 29.4 Å². The number of benzene rings is 1. The van der Waals surface area contributed by atoms with Crippen LogP contribution in [0.3, 0.4) is 0 Å². The van der Waals surface area contributed by atoms with Crippen molar-refractivity contribution in [3.8, 4) is 17.3 Å². The Morgan fingerprint density at radius 3 is 2.67 bits per heavy atom. The van der Waals surface area contributed by atoms with Crippen molar-refractivity contribution in [2.24, 2.45) is 0 Å². The highest BCUT2D eigenvalue weighted by atomic mass is 32.1. The van der Waals surface area contributed by atoms with E-state index in [4.69, 9.17) is 19.8 Å². The maximum absolute atomic E-state index is 13.5. The Labute approximate surface area is 256 Å². The van der Waals surface area contributed by atoms with Crippen molar-refractivity contribution < 1.29 is 19.0 Å². The number of aliphatic hydroxyl groups excluding tert-OH is 1. The van der Waals surface area contributed by atoms with Crippen LogP contribution in [0.25, 0.3) is 16.2 Å². The normalized spacial score (nSPS) is 17.2. The molecule has 6 rings (SSSR count). The first-order valence-electron chi connectivity index (χ1n) is 13.9. The molecule has 2 saturated heterocycles. The monoisotopic (exact) mass is 625 g/mol. The molecule has 226 valence electrons. The molecule has 0 spiro atoms. The molecule has 1 unspecified atom stereocenters. The van der Waals surface area contributed by atoms with Crippen LogP contribution in [0.1, 0.15) is 17.0 Å². The van der Waals surface area contributed by atoms with Crippen LogP contribution >= 0.6 is 22.7 Å². The summed E-state index contributed by atoms with van der Waals surface area (Å²) in [6.45, 7) is 3.18. The summed E-state index contributed by atoms with van der Waals surface area (Å²) >= 11 is 2.76. The zero-order chi connectivity index (χ0) is 30.2. The number of aromatic nitrogens is 4. The number of amides is 1. The third-order valence-electron chi connectivity index (χ3n) is 7.88. The molecule has 4 aromatic rings. The van der Waals surface area contributed by atoms with Gasteiger partial charge in [0, 0.05) is 58.4 Å². The largest absolute Gasteiger partial charge is 0.389 e. The van der Waals surface area contributed by atoms with Gasteiger partial charge in [0.05, 0.1) is 24.9 Å². The molecule has 1 N–H and O–H groups in total. The maximum Gasteiger partial charge on any atom is 0.236 e. The van der Waals surface area contributed by atoms with Crippen LogP contribution in [0.2, 0.25) is 0 Å². The maximum atomic E-state index is 13.5. The Kier molecular flexibility index (Phi) is 8.29. The van der Waals surface area contributed by atoms with Crippen LogP contribution in [0.15, 0.2) is 24.3 Å². The van der Waals surface area contributed by atoms with E-state index in [9.17, 15) is 19.6 Å². The van der Waals surface area contributed by atoms with Crippen LogP contribution in [0, 0.1) is 17.1 Å². The molecule has 2 aliphatic rings. The Balaban J connectivity index is 1.24. The zero-order valence-corrected chi connectivity index (χ0v) is 25.7. The number of aliphatic hydroxyl groups is 1. The summed E-state index contributed by atoms with van der Waals surface area (Å²) in [5, 5.41) is 25.7. The summed E-state index contributed by atoms with van der Waals surface area (Å²) in [5.74, 6) is 0.434. The highest BCUT2D eigenvalue weighted by Gasteiger charge is 2.33. The van der Waals surface area contributed by atoms with Crippen molar-refractivity contribution in [3.63, 3.8) is 0 Å². The van der Waals surface area contributed by atoms with Crippen molar-refractivity contribution in [2.75, 3.05) is 70.3 Å². The van der Waals surface area contributed by atoms with Gasteiger partial charge in [0.25, 0.3) is 0 Å². The first kappa shape index (κ1) is 29.4. The molecule has 43 heavy (non-hydrogen) atoms. The van der Waals surface area contributed by atoms with Gasteiger partial charge in [0.15, 0.2) is 10.9 Å². The number of likely N-dealkylation sites (tertiary alicyclic amines) is 1. The van der Waals surface area contributed by atoms with Gasteiger partial charge in [-0.2, -0.15) is 9.78 Å². The minimum atomic E-state index is -0.403. The van der Waals surface area contributed by atoms with Crippen LogP contribution in [-0.4, -0.2) is 113 Å². The molecular formula is C28H32FN9O3S2. The third kappa shape index (κ3) is 5.80. The number of thiazole rings is 1. The van der Waals surface area contributed by atoms with E-state index in [0.29, 0.717) is 53.9 Å². The van der Waals surface area contributed by atoms with Crippen LogP contribution in [0.5, 0.6) is 0 Å². The summed E-state index contributed by atoms with van der Waals surface area (Å²) in [6.07, 6.45) is 1.07. The number of β-amino-alcohol motifs (C(OH)–C–C–N with tert-alkyl or cyclic N) is 1. The predicted octanol–water partition coefficient (Wildman–Crippen LogP) is 2.60. The molecule has 1 amide bonds. The van der Waals surface area contributed by atoms with Gasteiger partial charge in [-0.05, 0) is 37.7 Å². The molecule has 1 atom stereocenters. The number of carbonyl (C=O) groups is 1. The quantitative estimate of drug-likeness (QED) is 0.281. The van der Waals surface area contributed by atoms with Gasteiger partial charge in [0.1, 0.15) is 22.5 Å². The first-order chi connectivity index (χ1) is 20.7. The number of likely N-dealkylation sites (N-methyl/N-ethyl adjacent to an activating group) is 1. The van der Waals surface area contributed by atoms with Crippen molar-refractivity contribution >= 4 is 49.6 Å². The van der Waals surface area contributed by atoms with Crippen LogP contribution in [0.4, 0.5) is 20.5 Å². The Morgan fingerprint density at radius 2 is 1.98 bits per heavy atom. The van der Waals surface area contributed by atoms with E-state index in [-0.39, 0.29) is 17.8 Å². The van der Waals surface area contributed by atoms with Crippen molar-refractivity contribution in [2.45, 2.75) is 25.0 Å². The Hall–Kier alpha value is -3.68. The SMILES string of the molecule is COCCc1nc2sc(N3CCC(N(C)CC(=O)N4CC(O)C4)C3)nn2c1N(C)c1nc(-c2ccc(F)cc2)c(C#N)s1. The minimum absolute atomic E-state index is 0.0413. The average molecular weight is 626 g/mol. The molecule has 15 heteroatoms. The molecule has 0 radical (unpaired) electrons. The van der Waals surface area contributed by atoms with E-state index in [2.05, 4.69) is 15.9 Å². The van der Waals surface area contributed by atoms with E-state index in [1.54, 1.807) is 24.1 Å². The summed E-state index contributed by atoms with van der Waals surface area (Å²) in [7, 11) is 5.49. The molecule has 0 saturated carbocycles. The topological polar surface area (TPSA) is 126 Å². The number of rotatable bonds is 10. The fourth-order valence-electron chi connectivity index (χ4n) is 5.40. The number of nitrogens with zero attached hydrogens (tertiary/aromatic N) is 9. The van der Waals surface area contributed by atoms with E-state index in [1.165, 1.54) is 34.8 Å². The zero-order valence-electron chi connectivity index (χ0n) is 24.1. The molecule has 1 aromatic carbocycles. The van der Waals surface area contributed by atoms with Crippen molar-refractivity contribution in [3.05, 3.63) is 40.7 Å². The lowest BCUT2D eigenvalue weighted by Gasteiger charge is -2.37. The van der Waals surface area contributed by atoms with Gasteiger partial charge in [-0.15, -0.1) is 5.10 Å².